The number of aryl methyl sites for hydroxylation is 1. The first-order valence-corrected chi connectivity index (χ1v) is 11.1. The zero-order valence-corrected chi connectivity index (χ0v) is 16.9. The molecular formula is C20H26N4O3S. The summed E-state index contributed by atoms with van der Waals surface area (Å²) in [6, 6.07) is 11.9. The van der Waals surface area contributed by atoms with Crippen molar-refractivity contribution < 1.29 is 13.2 Å². The summed E-state index contributed by atoms with van der Waals surface area (Å²) < 4.78 is 32.1. The molecule has 0 saturated carbocycles. The van der Waals surface area contributed by atoms with Gasteiger partial charge in [0, 0.05) is 51.2 Å². The number of nitrogens with zero attached hydrogens (tertiary/aromatic N) is 4. The molecular weight excluding hydrogens is 376 g/mol. The van der Waals surface area contributed by atoms with Crippen molar-refractivity contribution in [1.29, 1.82) is 0 Å². The highest BCUT2D eigenvalue weighted by Gasteiger charge is 2.27. The first-order chi connectivity index (χ1) is 13.6. The van der Waals surface area contributed by atoms with Crippen molar-refractivity contribution in [2.75, 3.05) is 62.3 Å². The van der Waals surface area contributed by atoms with E-state index in [1.165, 1.54) is 21.8 Å². The Balaban J connectivity index is 1.42. The third-order valence-electron chi connectivity index (χ3n) is 5.39. The summed E-state index contributed by atoms with van der Waals surface area (Å²) in [5.74, 6) is 0.824. The second-order valence-corrected chi connectivity index (χ2v) is 9.07. The Hall–Kier alpha value is -2.16. The standard InChI is InChI=1S/C20H26N4O3S/c1-17-4-2-3-5-19(17)22-8-10-23(11-9-22)20-7-6-18(16-21-20)28(25,26)24-12-14-27-15-13-24/h2-7,16H,8-15H2,1H3. The van der Waals surface area contributed by atoms with Gasteiger partial charge in [0.15, 0.2) is 0 Å². The van der Waals surface area contributed by atoms with Crippen LogP contribution in [0.1, 0.15) is 5.56 Å². The summed E-state index contributed by atoms with van der Waals surface area (Å²) in [6.45, 7) is 7.35. The first-order valence-electron chi connectivity index (χ1n) is 9.65. The maximum Gasteiger partial charge on any atom is 0.244 e. The van der Waals surface area contributed by atoms with Crippen molar-refractivity contribution >= 4 is 21.5 Å². The second-order valence-electron chi connectivity index (χ2n) is 7.13. The Morgan fingerprint density at radius 3 is 2.21 bits per heavy atom. The number of morpholine rings is 1. The Bertz CT molecular complexity index is 903. The average molecular weight is 403 g/mol. The number of para-hydroxylation sites is 1. The van der Waals surface area contributed by atoms with Gasteiger partial charge in [0.2, 0.25) is 10.0 Å². The van der Waals surface area contributed by atoms with Crippen LogP contribution in [0.4, 0.5) is 11.5 Å². The quantitative estimate of drug-likeness (QED) is 0.776. The van der Waals surface area contributed by atoms with Crippen molar-refractivity contribution in [2.24, 2.45) is 0 Å². The number of hydrogen-bond donors (Lipinski definition) is 0. The van der Waals surface area contributed by atoms with Gasteiger partial charge in [-0.15, -0.1) is 0 Å². The van der Waals surface area contributed by atoms with Gasteiger partial charge in [-0.1, -0.05) is 18.2 Å². The van der Waals surface area contributed by atoms with Crippen LogP contribution in [0, 0.1) is 6.92 Å². The zero-order chi connectivity index (χ0) is 19.6. The van der Waals surface area contributed by atoms with Crippen LogP contribution in [0.5, 0.6) is 0 Å². The number of hydrogen-bond acceptors (Lipinski definition) is 6. The van der Waals surface area contributed by atoms with Crippen molar-refractivity contribution in [1.82, 2.24) is 9.29 Å². The minimum Gasteiger partial charge on any atom is -0.379 e. The third kappa shape index (κ3) is 3.85. The lowest BCUT2D eigenvalue weighted by molar-refractivity contribution is 0.0730. The van der Waals surface area contributed by atoms with E-state index in [9.17, 15) is 8.42 Å². The van der Waals surface area contributed by atoms with Crippen molar-refractivity contribution in [3.8, 4) is 0 Å². The largest absolute Gasteiger partial charge is 0.379 e. The van der Waals surface area contributed by atoms with Gasteiger partial charge in [-0.3, -0.25) is 0 Å². The highest BCUT2D eigenvalue weighted by atomic mass is 32.2. The lowest BCUT2D eigenvalue weighted by atomic mass is 10.1. The van der Waals surface area contributed by atoms with Gasteiger partial charge >= 0.3 is 0 Å². The van der Waals surface area contributed by atoms with Crippen LogP contribution in [0.2, 0.25) is 0 Å². The van der Waals surface area contributed by atoms with Crippen LogP contribution in [-0.4, -0.2) is 70.2 Å². The summed E-state index contributed by atoms with van der Waals surface area (Å²) in [4.78, 5) is 9.30. The lowest BCUT2D eigenvalue weighted by Crippen LogP contribution is -2.47. The molecule has 2 aromatic rings. The van der Waals surface area contributed by atoms with Crippen LogP contribution >= 0.6 is 0 Å². The maximum atomic E-state index is 12.7. The van der Waals surface area contributed by atoms with E-state index in [4.69, 9.17) is 4.74 Å². The molecule has 150 valence electrons. The molecule has 0 bridgehead atoms. The van der Waals surface area contributed by atoms with E-state index >= 15 is 0 Å². The minimum atomic E-state index is -3.50. The predicted molar refractivity (Wildman–Crippen MR) is 109 cm³/mol. The van der Waals surface area contributed by atoms with Gasteiger partial charge in [-0.25, -0.2) is 13.4 Å². The molecule has 3 heterocycles. The van der Waals surface area contributed by atoms with Crippen LogP contribution in [0.25, 0.3) is 0 Å². The van der Waals surface area contributed by atoms with Gasteiger partial charge in [0.1, 0.15) is 10.7 Å². The van der Waals surface area contributed by atoms with Gasteiger partial charge < -0.3 is 14.5 Å². The van der Waals surface area contributed by atoms with Gasteiger partial charge in [0.25, 0.3) is 0 Å². The Morgan fingerprint density at radius 1 is 0.893 bits per heavy atom. The highest BCUT2D eigenvalue weighted by Crippen LogP contribution is 2.23. The molecule has 7 nitrogen and oxygen atoms in total. The molecule has 0 radical (unpaired) electrons. The SMILES string of the molecule is Cc1ccccc1N1CCN(c2ccc(S(=O)(=O)N3CCOCC3)cn2)CC1. The molecule has 2 aliphatic heterocycles. The Labute approximate surface area is 166 Å². The van der Waals surface area contributed by atoms with Crippen molar-refractivity contribution in [2.45, 2.75) is 11.8 Å². The fourth-order valence-electron chi connectivity index (χ4n) is 3.74. The molecule has 2 saturated heterocycles. The molecule has 4 rings (SSSR count). The fraction of sp³-hybridized carbons (Fsp3) is 0.450. The molecule has 1 aromatic carbocycles. The number of ether oxygens (including phenoxy) is 1. The highest BCUT2D eigenvalue weighted by molar-refractivity contribution is 7.89. The maximum absolute atomic E-state index is 12.7. The van der Waals surface area contributed by atoms with Crippen LogP contribution in [-0.2, 0) is 14.8 Å². The smallest absolute Gasteiger partial charge is 0.244 e. The number of anilines is 2. The van der Waals surface area contributed by atoms with Crippen LogP contribution in [0.15, 0.2) is 47.5 Å². The van der Waals surface area contributed by atoms with Gasteiger partial charge in [-0.2, -0.15) is 4.31 Å². The van der Waals surface area contributed by atoms with Crippen LogP contribution in [0.3, 0.4) is 0 Å². The molecule has 0 atom stereocenters. The minimum absolute atomic E-state index is 0.247. The summed E-state index contributed by atoms with van der Waals surface area (Å²) in [5, 5.41) is 0. The molecule has 2 fully saturated rings. The van der Waals surface area contributed by atoms with E-state index in [0.717, 1.165) is 32.0 Å². The molecule has 0 amide bonds. The number of aromatic nitrogens is 1. The molecule has 8 heteroatoms. The van der Waals surface area contributed by atoms with E-state index < -0.39 is 10.0 Å². The molecule has 2 aliphatic rings. The summed E-state index contributed by atoms with van der Waals surface area (Å²) in [5.41, 5.74) is 2.56. The van der Waals surface area contributed by atoms with E-state index in [1.54, 1.807) is 6.07 Å². The average Bonchev–Trinajstić information content (AvgIpc) is 2.75. The van der Waals surface area contributed by atoms with E-state index in [0.29, 0.717) is 26.3 Å². The molecule has 1 aromatic heterocycles. The number of sulfonamides is 1. The van der Waals surface area contributed by atoms with Crippen molar-refractivity contribution in [3.05, 3.63) is 48.2 Å². The fourth-order valence-corrected chi connectivity index (χ4v) is 5.10. The van der Waals surface area contributed by atoms with E-state index in [-0.39, 0.29) is 4.90 Å². The number of piperazine rings is 1. The van der Waals surface area contributed by atoms with Gasteiger partial charge in [-0.05, 0) is 30.7 Å². The molecule has 0 unspecified atom stereocenters. The normalized spacial score (nSPS) is 19.0. The molecule has 0 spiro atoms. The summed E-state index contributed by atoms with van der Waals surface area (Å²) in [6.07, 6.45) is 1.48. The summed E-state index contributed by atoms with van der Waals surface area (Å²) >= 11 is 0. The topological polar surface area (TPSA) is 66.0 Å². The van der Waals surface area contributed by atoms with Crippen molar-refractivity contribution in [3.63, 3.8) is 0 Å². The number of rotatable bonds is 4. The lowest BCUT2D eigenvalue weighted by Gasteiger charge is -2.37. The number of benzene rings is 1. The molecule has 28 heavy (non-hydrogen) atoms. The van der Waals surface area contributed by atoms with Crippen LogP contribution < -0.4 is 9.80 Å². The summed E-state index contributed by atoms with van der Waals surface area (Å²) in [7, 11) is -3.50. The number of pyridine rings is 1. The van der Waals surface area contributed by atoms with E-state index in [1.807, 2.05) is 6.07 Å². The predicted octanol–water partition coefficient (Wildman–Crippen LogP) is 1.74. The third-order valence-corrected chi connectivity index (χ3v) is 7.27. The molecule has 0 N–H and O–H groups in total. The Morgan fingerprint density at radius 2 is 1.57 bits per heavy atom. The molecule has 0 aliphatic carbocycles. The van der Waals surface area contributed by atoms with E-state index in [2.05, 4.69) is 46.0 Å². The Kier molecular flexibility index (Phi) is 5.52. The first kappa shape index (κ1) is 19.2. The van der Waals surface area contributed by atoms with Gasteiger partial charge in [0.05, 0.1) is 13.2 Å². The second kappa shape index (κ2) is 8.06. The zero-order valence-electron chi connectivity index (χ0n) is 16.1. The monoisotopic (exact) mass is 402 g/mol.